The summed E-state index contributed by atoms with van der Waals surface area (Å²) in [6.07, 6.45) is -3.14. The van der Waals surface area contributed by atoms with Crippen molar-refractivity contribution in [2.45, 2.75) is 35.4 Å². The van der Waals surface area contributed by atoms with E-state index in [0.29, 0.717) is 5.56 Å². The topological polar surface area (TPSA) is 26.3 Å². The van der Waals surface area contributed by atoms with Gasteiger partial charge in [-0.2, -0.15) is 13.2 Å². The van der Waals surface area contributed by atoms with Crippen molar-refractivity contribution < 1.29 is 22.7 Å². The van der Waals surface area contributed by atoms with Gasteiger partial charge in [-0.25, -0.2) is 0 Å². The fourth-order valence-corrected chi connectivity index (χ4v) is 5.04. The van der Waals surface area contributed by atoms with Crippen LogP contribution in [0.3, 0.4) is 0 Å². The number of rotatable bonds is 8. The van der Waals surface area contributed by atoms with Crippen LogP contribution >= 0.6 is 23.5 Å². The van der Waals surface area contributed by atoms with Crippen LogP contribution in [0.15, 0.2) is 105 Å². The maximum absolute atomic E-state index is 13.2. The Labute approximate surface area is 193 Å². The Balaban J connectivity index is 1.88. The minimum Gasteiger partial charge on any atom is -0.457 e. The largest absolute Gasteiger partial charge is 0.457 e. The summed E-state index contributed by atoms with van der Waals surface area (Å²) < 4.78 is 45.8. The molecule has 3 aromatic rings. The van der Waals surface area contributed by atoms with Crippen molar-refractivity contribution in [3.8, 4) is 0 Å². The number of hydrogen-bond acceptors (Lipinski definition) is 4. The van der Waals surface area contributed by atoms with Gasteiger partial charge in [-0.3, -0.25) is 4.79 Å². The van der Waals surface area contributed by atoms with Crippen molar-refractivity contribution >= 4 is 29.5 Å². The summed E-state index contributed by atoms with van der Waals surface area (Å²) in [5.41, 5.74) is -0.464. The molecule has 0 spiro atoms. The molecule has 0 saturated carbocycles. The van der Waals surface area contributed by atoms with Crippen LogP contribution in [0.25, 0.3) is 0 Å². The van der Waals surface area contributed by atoms with Gasteiger partial charge < -0.3 is 4.74 Å². The quantitative estimate of drug-likeness (QED) is 0.243. The number of carbonyl (C=O) groups is 1. The second-order valence-electron chi connectivity index (χ2n) is 6.81. The van der Waals surface area contributed by atoms with E-state index in [-0.39, 0.29) is 6.42 Å². The van der Waals surface area contributed by atoms with Gasteiger partial charge in [-0.15, -0.1) is 0 Å². The van der Waals surface area contributed by atoms with Crippen LogP contribution in [0.1, 0.15) is 30.6 Å². The van der Waals surface area contributed by atoms with E-state index in [1.807, 2.05) is 66.7 Å². The average Bonchev–Trinajstić information content (AvgIpc) is 2.77. The number of benzene rings is 3. The highest BCUT2D eigenvalue weighted by atomic mass is 32.2. The number of ether oxygens (including phenoxy) is 1. The molecule has 0 fully saturated rings. The molecule has 0 radical (unpaired) electrons. The van der Waals surface area contributed by atoms with Gasteiger partial charge in [-0.1, -0.05) is 78.1 Å². The highest BCUT2D eigenvalue weighted by Gasteiger charge is 2.31. The molecule has 0 bridgehead atoms. The zero-order valence-corrected chi connectivity index (χ0v) is 18.8. The molecule has 0 unspecified atom stereocenters. The Bertz CT molecular complexity index is 1010. The first-order valence-electron chi connectivity index (χ1n) is 9.81. The van der Waals surface area contributed by atoms with E-state index >= 15 is 0 Å². The molecule has 3 rings (SSSR count). The van der Waals surface area contributed by atoms with Crippen LogP contribution in [0, 0.1) is 0 Å². The summed E-state index contributed by atoms with van der Waals surface area (Å²) in [5.74, 6) is -0.547. The van der Waals surface area contributed by atoms with Crippen LogP contribution in [-0.2, 0) is 15.7 Å². The lowest BCUT2D eigenvalue weighted by molar-refractivity contribution is -0.146. The van der Waals surface area contributed by atoms with Gasteiger partial charge >= 0.3 is 12.1 Å². The molecule has 7 heteroatoms. The molecule has 0 aliphatic heterocycles. The first-order valence-corrected chi connectivity index (χ1v) is 11.4. The van der Waals surface area contributed by atoms with Crippen molar-refractivity contribution in [3.63, 3.8) is 0 Å². The third kappa shape index (κ3) is 7.50. The number of halogens is 3. The number of thioether (sulfide) groups is 2. The molecule has 0 amide bonds. The lowest BCUT2D eigenvalue weighted by atomic mass is 10.0. The van der Waals surface area contributed by atoms with Gasteiger partial charge in [-0.05, 0) is 42.0 Å². The van der Waals surface area contributed by atoms with Crippen LogP contribution < -0.4 is 0 Å². The second kappa shape index (κ2) is 11.3. The van der Waals surface area contributed by atoms with E-state index in [9.17, 15) is 18.0 Å². The number of alkyl halides is 3. The van der Waals surface area contributed by atoms with Crippen molar-refractivity contribution in [1.29, 1.82) is 0 Å². The molecule has 0 aromatic heterocycles. The van der Waals surface area contributed by atoms with E-state index in [4.69, 9.17) is 4.74 Å². The van der Waals surface area contributed by atoms with Crippen LogP contribution in [0.5, 0.6) is 0 Å². The lowest BCUT2D eigenvalue weighted by Crippen LogP contribution is -2.10. The third-order valence-corrected chi connectivity index (χ3v) is 6.57. The van der Waals surface area contributed by atoms with E-state index in [1.165, 1.54) is 13.0 Å². The molecular formula is C25H21F3O2S2. The smallest absolute Gasteiger partial charge is 0.416 e. The number of esters is 1. The molecule has 0 N–H and O–H groups in total. The Morgan fingerprint density at radius 3 is 1.97 bits per heavy atom. The fraction of sp³-hybridized carbons (Fsp3) is 0.160. The van der Waals surface area contributed by atoms with E-state index in [0.717, 1.165) is 26.2 Å². The minimum absolute atomic E-state index is 0.246. The van der Waals surface area contributed by atoms with Gasteiger partial charge in [0.05, 0.1) is 5.56 Å². The third-order valence-electron chi connectivity index (χ3n) is 4.32. The van der Waals surface area contributed by atoms with Gasteiger partial charge in [0, 0.05) is 27.4 Å². The van der Waals surface area contributed by atoms with Gasteiger partial charge in [0.1, 0.15) is 6.10 Å². The van der Waals surface area contributed by atoms with Crippen molar-refractivity contribution in [2.24, 2.45) is 0 Å². The van der Waals surface area contributed by atoms with Crippen molar-refractivity contribution in [1.82, 2.24) is 0 Å². The lowest BCUT2D eigenvalue weighted by Gasteiger charge is -2.18. The Morgan fingerprint density at radius 1 is 0.906 bits per heavy atom. The fourth-order valence-electron chi connectivity index (χ4n) is 2.88. The Hall–Kier alpha value is -2.64. The molecule has 32 heavy (non-hydrogen) atoms. The molecule has 0 aliphatic rings. The highest BCUT2D eigenvalue weighted by Crippen LogP contribution is 2.40. The number of hydrogen-bond donors (Lipinski definition) is 0. The van der Waals surface area contributed by atoms with Crippen LogP contribution in [-0.4, -0.2) is 5.97 Å². The van der Waals surface area contributed by atoms with E-state index < -0.39 is 23.8 Å². The molecule has 3 aromatic carbocycles. The van der Waals surface area contributed by atoms with E-state index in [2.05, 4.69) is 0 Å². The first-order chi connectivity index (χ1) is 15.3. The normalized spacial score (nSPS) is 12.1. The zero-order chi connectivity index (χ0) is 23.0. The first kappa shape index (κ1) is 24.0. The second-order valence-corrected chi connectivity index (χ2v) is 9.30. The summed E-state index contributed by atoms with van der Waals surface area (Å²) in [4.78, 5) is 13.7. The molecule has 2 nitrogen and oxygen atoms in total. The maximum atomic E-state index is 13.2. The summed E-state index contributed by atoms with van der Waals surface area (Å²) in [5, 5.41) is 0. The van der Waals surface area contributed by atoms with Crippen LogP contribution in [0.4, 0.5) is 13.2 Å². The van der Waals surface area contributed by atoms with E-state index in [1.54, 1.807) is 29.6 Å². The predicted molar refractivity (Wildman–Crippen MR) is 123 cm³/mol. The summed E-state index contributed by atoms with van der Waals surface area (Å²) in [7, 11) is 0. The molecule has 1 atom stereocenters. The van der Waals surface area contributed by atoms with Gasteiger partial charge in [0.25, 0.3) is 0 Å². The molecular weight excluding hydrogens is 453 g/mol. The number of carbonyl (C=O) groups excluding carboxylic acids is 1. The van der Waals surface area contributed by atoms with Crippen molar-refractivity contribution in [2.75, 3.05) is 0 Å². The summed E-state index contributed by atoms with van der Waals surface area (Å²) >= 11 is 3.10. The highest BCUT2D eigenvalue weighted by molar-refractivity contribution is 8.22. The zero-order valence-electron chi connectivity index (χ0n) is 17.2. The SMILES string of the molecule is CC(=O)O[C@H](CC=C(Sc1ccccc1)Sc1ccccc1)c1cccc(C(F)(F)F)c1. The Morgan fingerprint density at radius 2 is 1.47 bits per heavy atom. The minimum atomic E-state index is -4.47. The summed E-state index contributed by atoms with van der Waals surface area (Å²) in [6, 6.07) is 24.5. The van der Waals surface area contributed by atoms with Crippen LogP contribution in [0.2, 0.25) is 0 Å². The molecule has 0 saturated heterocycles. The van der Waals surface area contributed by atoms with Gasteiger partial charge in [0.15, 0.2) is 0 Å². The van der Waals surface area contributed by atoms with Crippen molar-refractivity contribution in [3.05, 3.63) is 106 Å². The standard InChI is InChI=1S/C25H21F3O2S2/c1-18(29)30-23(19-9-8-10-20(17-19)25(26,27)28)15-16-24(31-21-11-4-2-5-12-21)32-22-13-6-3-7-14-22/h2-14,16-17,23H,15H2,1H3/t23-/m1/s1. The average molecular weight is 475 g/mol. The molecule has 0 aliphatic carbocycles. The Kier molecular flexibility index (Phi) is 8.47. The summed E-state index contributed by atoms with van der Waals surface area (Å²) in [6.45, 7) is 1.25. The molecule has 0 heterocycles. The predicted octanol–water partition coefficient (Wildman–Crippen LogP) is 8.13. The monoisotopic (exact) mass is 474 g/mol. The maximum Gasteiger partial charge on any atom is 0.416 e. The molecule has 166 valence electrons. The van der Waals surface area contributed by atoms with Gasteiger partial charge in [0.2, 0.25) is 0 Å².